The van der Waals surface area contributed by atoms with Gasteiger partial charge in [0.25, 0.3) is 0 Å². The van der Waals surface area contributed by atoms with Crippen molar-refractivity contribution >= 4 is 63.6 Å². The van der Waals surface area contributed by atoms with Gasteiger partial charge in [0.15, 0.2) is 0 Å². The molecular formula is C9H10KN4OS. The molecule has 1 N–H and O–H groups in total. The van der Waals surface area contributed by atoms with Gasteiger partial charge < -0.3 is 4.74 Å². The Morgan fingerprint density at radius 2 is 2.06 bits per heavy atom. The number of hydrogen-bond donors (Lipinski definition) is 1. The number of H-pyrrole nitrogens is 1. The molecule has 0 aliphatic carbocycles. The van der Waals surface area contributed by atoms with Crippen LogP contribution in [0.1, 0.15) is 6.92 Å². The maximum atomic E-state index is 5.33. The van der Waals surface area contributed by atoms with Gasteiger partial charge >= 0.3 is 0 Å². The van der Waals surface area contributed by atoms with Crippen molar-refractivity contribution in [1.29, 1.82) is 0 Å². The zero-order chi connectivity index (χ0) is 10.7. The average Bonchev–Trinajstić information content (AvgIpc) is 2.66. The van der Waals surface area contributed by atoms with Gasteiger partial charge in [-0.2, -0.15) is 5.21 Å². The van der Waals surface area contributed by atoms with E-state index in [1.165, 1.54) is 0 Å². The van der Waals surface area contributed by atoms with Gasteiger partial charge in [-0.3, -0.25) is 0 Å². The Labute approximate surface area is 141 Å². The van der Waals surface area contributed by atoms with Crippen molar-refractivity contribution in [1.82, 2.24) is 20.2 Å². The number of nitrogens with one attached hydrogen (secondary N) is 1. The van der Waals surface area contributed by atoms with Crippen LogP contribution >= 0.6 is 12.2 Å². The number of tetrazole rings is 1. The second kappa shape index (κ2) is 6.63. The molecule has 0 spiro atoms. The predicted octanol–water partition coefficient (Wildman–Crippen LogP) is 1.34. The van der Waals surface area contributed by atoms with Crippen molar-refractivity contribution in [2.75, 3.05) is 6.61 Å². The van der Waals surface area contributed by atoms with E-state index in [4.69, 9.17) is 17.0 Å². The minimum absolute atomic E-state index is 0. The van der Waals surface area contributed by atoms with E-state index in [2.05, 4.69) is 15.5 Å². The summed E-state index contributed by atoms with van der Waals surface area (Å²) in [7, 11) is 0. The van der Waals surface area contributed by atoms with E-state index in [1.54, 1.807) is 4.68 Å². The van der Waals surface area contributed by atoms with Gasteiger partial charge in [-0.05, 0) is 43.4 Å². The van der Waals surface area contributed by atoms with E-state index < -0.39 is 0 Å². The van der Waals surface area contributed by atoms with Gasteiger partial charge in [-0.1, -0.05) is 10.3 Å². The minimum Gasteiger partial charge on any atom is -0.494 e. The molecule has 0 bridgehead atoms. The summed E-state index contributed by atoms with van der Waals surface area (Å²) in [4.78, 5) is 0. The van der Waals surface area contributed by atoms with Crippen molar-refractivity contribution in [3.63, 3.8) is 0 Å². The fourth-order valence-corrected chi connectivity index (χ4v) is 1.41. The summed E-state index contributed by atoms with van der Waals surface area (Å²) in [5.74, 6) is 0.834. The van der Waals surface area contributed by atoms with Gasteiger partial charge in [0, 0.05) is 51.4 Å². The van der Waals surface area contributed by atoms with Crippen LogP contribution in [0.15, 0.2) is 24.3 Å². The molecular weight excluding hydrogens is 251 g/mol. The predicted molar refractivity (Wildman–Crippen MR) is 63.5 cm³/mol. The summed E-state index contributed by atoms with van der Waals surface area (Å²) in [6, 6.07) is 7.53. The monoisotopic (exact) mass is 261 g/mol. The molecule has 1 radical (unpaired) electrons. The summed E-state index contributed by atoms with van der Waals surface area (Å²) < 4.78 is 7.35. The summed E-state index contributed by atoms with van der Waals surface area (Å²) >= 11 is 4.98. The van der Waals surface area contributed by atoms with E-state index >= 15 is 0 Å². The van der Waals surface area contributed by atoms with E-state index in [9.17, 15) is 0 Å². The largest absolute Gasteiger partial charge is 0.494 e. The fraction of sp³-hybridized carbons (Fsp3) is 0.222. The standard InChI is InChI=1S/C9H10N4OS.K/c1-2-14-8-5-3-7(4-6-8)13-9(15)10-11-12-13;/h3-6H,2H2,1H3,(H,10,12,15);. The average molecular weight is 261 g/mol. The molecule has 0 aliphatic heterocycles. The summed E-state index contributed by atoms with van der Waals surface area (Å²) in [6.45, 7) is 2.60. The van der Waals surface area contributed by atoms with E-state index in [-0.39, 0.29) is 51.4 Å². The summed E-state index contributed by atoms with van der Waals surface area (Å²) in [6.07, 6.45) is 0. The van der Waals surface area contributed by atoms with Crippen LogP contribution in [0, 0.1) is 4.77 Å². The topological polar surface area (TPSA) is 55.7 Å². The van der Waals surface area contributed by atoms with Crippen LogP contribution in [0.25, 0.3) is 5.69 Å². The van der Waals surface area contributed by atoms with Crippen LogP contribution in [-0.4, -0.2) is 78.2 Å². The van der Waals surface area contributed by atoms with E-state index in [0.29, 0.717) is 11.4 Å². The van der Waals surface area contributed by atoms with Gasteiger partial charge in [-0.25, -0.2) is 4.68 Å². The van der Waals surface area contributed by atoms with Gasteiger partial charge in [0.05, 0.1) is 12.3 Å². The number of ether oxygens (including phenoxy) is 1. The third kappa shape index (κ3) is 3.22. The molecule has 0 atom stereocenters. The molecule has 0 amide bonds. The third-order valence-electron chi connectivity index (χ3n) is 1.88. The molecule has 0 unspecified atom stereocenters. The van der Waals surface area contributed by atoms with Crippen molar-refractivity contribution < 1.29 is 4.74 Å². The number of rotatable bonds is 3. The van der Waals surface area contributed by atoms with Crippen LogP contribution in [0.4, 0.5) is 0 Å². The smallest absolute Gasteiger partial charge is 0.242 e. The first-order valence-electron chi connectivity index (χ1n) is 4.54. The van der Waals surface area contributed by atoms with Crippen LogP contribution in [0.5, 0.6) is 5.75 Å². The second-order valence-corrected chi connectivity index (χ2v) is 3.21. The van der Waals surface area contributed by atoms with E-state index in [0.717, 1.165) is 11.4 Å². The van der Waals surface area contributed by atoms with Crippen molar-refractivity contribution in [2.45, 2.75) is 6.92 Å². The normalized spacial score (nSPS) is 9.56. The molecule has 5 nitrogen and oxygen atoms in total. The minimum atomic E-state index is 0. The molecule has 1 heterocycles. The molecule has 1 aromatic heterocycles. The Balaban J connectivity index is 0.00000128. The van der Waals surface area contributed by atoms with Crippen molar-refractivity contribution in [2.24, 2.45) is 0 Å². The first kappa shape index (κ1) is 14.0. The third-order valence-corrected chi connectivity index (χ3v) is 2.14. The van der Waals surface area contributed by atoms with Crippen LogP contribution < -0.4 is 4.74 Å². The Kier molecular flexibility index (Phi) is 5.80. The quantitative estimate of drug-likeness (QED) is 0.669. The van der Waals surface area contributed by atoms with Gasteiger partial charge in [-0.15, -0.1) is 0 Å². The maximum Gasteiger partial charge on any atom is 0.242 e. The number of aromatic nitrogens is 4. The van der Waals surface area contributed by atoms with Crippen molar-refractivity contribution in [3.8, 4) is 11.4 Å². The van der Waals surface area contributed by atoms with E-state index in [1.807, 2.05) is 31.2 Å². The molecule has 2 rings (SSSR count). The molecule has 1 aromatic carbocycles. The molecule has 0 saturated heterocycles. The van der Waals surface area contributed by atoms with Crippen molar-refractivity contribution in [3.05, 3.63) is 29.0 Å². The summed E-state index contributed by atoms with van der Waals surface area (Å²) in [5.41, 5.74) is 0.883. The molecule has 2 aromatic rings. The molecule has 0 saturated carbocycles. The Morgan fingerprint density at radius 1 is 1.38 bits per heavy atom. The Bertz CT molecular complexity index is 493. The Morgan fingerprint density at radius 3 is 2.56 bits per heavy atom. The Hall–Kier alpha value is -0.0536. The molecule has 7 heteroatoms. The molecule has 0 fully saturated rings. The zero-order valence-corrected chi connectivity index (χ0v) is 13.1. The maximum absolute atomic E-state index is 5.33. The first-order chi connectivity index (χ1) is 7.31. The first-order valence-corrected chi connectivity index (χ1v) is 4.95. The number of hydrogen-bond acceptors (Lipinski definition) is 4. The molecule has 16 heavy (non-hydrogen) atoms. The zero-order valence-electron chi connectivity index (χ0n) is 9.17. The fourth-order valence-electron chi connectivity index (χ4n) is 1.22. The SMILES string of the molecule is CCOc1ccc(-n2[nH]nnc2=S)cc1.[K]. The number of aromatic amines is 1. The molecule has 79 valence electrons. The summed E-state index contributed by atoms with van der Waals surface area (Å²) in [5, 5.41) is 9.99. The van der Waals surface area contributed by atoms with Crippen LogP contribution in [-0.2, 0) is 0 Å². The number of nitrogens with zero attached hydrogens (tertiary/aromatic N) is 3. The van der Waals surface area contributed by atoms with Crippen LogP contribution in [0.3, 0.4) is 0 Å². The van der Waals surface area contributed by atoms with Gasteiger partial charge in [0.1, 0.15) is 5.75 Å². The number of benzene rings is 1. The van der Waals surface area contributed by atoms with Crippen LogP contribution in [0.2, 0.25) is 0 Å². The second-order valence-electron chi connectivity index (χ2n) is 2.84. The van der Waals surface area contributed by atoms with Gasteiger partial charge in [0.2, 0.25) is 4.77 Å². The molecule has 0 aliphatic rings.